The molecule has 10 nitrogen and oxygen atoms in total. The van der Waals surface area contributed by atoms with Gasteiger partial charge in [-0.15, -0.1) is 32.9 Å². The maximum Gasteiger partial charge on any atom is 0.239 e. The molecule has 6 rings (SSSR count). The second-order valence-corrected chi connectivity index (χ2v) is 12.9. The Kier molecular flexibility index (Phi) is 10.0. The van der Waals surface area contributed by atoms with E-state index >= 15 is 0 Å². The molecule has 14 heteroatoms. The van der Waals surface area contributed by atoms with Gasteiger partial charge in [-0.2, -0.15) is 0 Å². The number of morpholine rings is 3. The molecule has 0 bridgehead atoms. The number of anilines is 2. The Labute approximate surface area is 241 Å². The molecule has 0 atom stereocenters. The number of hydrogen-bond acceptors (Lipinski definition) is 12. The van der Waals surface area contributed by atoms with Gasteiger partial charge in [-0.25, -0.2) is 23.2 Å². The molecule has 3 fully saturated rings. The van der Waals surface area contributed by atoms with Gasteiger partial charge in [0.15, 0.2) is 13.1 Å². The Hall–Kier alpha value is -1.49. The first kappa shape index (κ1) is 29.0. The highest BCUT2D eigenvalue weighted by Gasteiger charge is 2.27. The highest BCUT2D eigenvalue weighted by atomic mass is 35.7. The molecule has 2 aromatic heterocycles. The van der Waals surface area contributed by atoms with Gasteiger partial charge in [-0.1, -0.05) is 0 Å². The van der Waals surface area contributed by atoms with Crippen molar-refractivity contribution in [1.82, 2.24) is 0 Å². The van der Waals surface area contributed by atoms with Gasteiger partial charge in [0.2, 0.25) is 5.04 Å². The minimum absolute atomic E-state index is 0.811. The zero-order valence-electron chi connectivity index (χ0n) is 21.3. The maximum atomic E-state index is 8.49. The number of ether oxygens (including phenoxy) is 3. The van der Waals surface area contributed by atoms with E-state index in [0.717, 1.165) is 78.9 Å². The van der Waals surface area contributed by atoms with Crippen molar-refractivity contribution in [2.24, 2.45) is 0 Å². The summed E-state index contributed by atoms with van der Waals surface area (Å²) in [5, 5.41) is 4.02. The average Bonchev–Trinajstić information content (AvgIpc) is 3.72. The van der Waals surface area contributed by atoms with Crippen LogP contribution in [-0.2, 0) is 14.2 Å². The summed E-state index contributed by atoms with van der Waals surface area (Å²) in [7, 11) is -4.94. The molecule has 212 valence electrons. The smallest absolute Gasteiger partial charge is 0.239 e. The van der Waals surface area contributed by atoms with Gasteiger partial charge < -0.3 is 24.0 Å². The predicted octanol–water partition coefficient (Wildman–Crippen LogP) is -0.770. The first-order valence-corrected chi connectivity index (χ1v) is 16.3. The number of thiophene rings is 2. The molecule has 0 N–H and O–H groups in total. The van der Waals surface area contributed by atoms with Crippen molar-refractivity contribution >= 4 is 55.1 Å². The molecule has 6 heterocycles. The van der Waals surface area contributed by atoms with Crippen LogP contribution in [0, 0.1) is 10.2 Å². The lowest BCUT2D eigenvalue weighted by Gasteiger charge is -2.27. The summed E-state index contributed by atoms with van der Waals surface area (Å²) in [4.78, 5) is 8.93. The summed E-state index contributed by atoms with van der Waals surface area (Å²) in [6.07, 6.45) is 4.60. The summed E-state index contributed by atoms with van der Waals surface area (Å²) < 4.78 is 53.1. The fraction of sp³-hybridized carbons (Fsp3) is 0.480. The van der Waals surface area contributed by atoms with Crippen molar-refractivity contribution in [3.05, 3.63) is 51.1 Å². The number of allylic oxidation sites excluding steroid dienone is 1. The topological polar surface area (TPSA) is 129 Å². The van der Waals surface area contributed by atoms with Crippen molar-refractivity contribution in [1.29, 1.82) is 0 Å². The van der Waals surface area contributed by atoms with E-state index in [4.69, 9.17) is 32.8 Å². The summed E-state index contributed by atoms with van der Waals surface area (Å²) in [5.74, 6) is 0. The Morgan fingerprint density at radius 3 is 1.64 bits per heavy atom. The van der Waals surface area contributed by atoms with Gasteiger partial charge in [0.05, 0.1) is 36.4 Å². The Morgan fingerprint density at radius 1 is 0.692 bits per heavy atom. The third-order valence-corrected chi connectivity index (χ3v) is 9.97. The van der Waals surface area contributed by atoms with Crippen LogP contribution in [0.2, 0.25) is 0 Å². The monoisotopic (exact) mass is 615 g/mol. The number of nitrogens with zero attached hydrogens (tertiary/aromatic N) is 3. The lowest BCUT2D eigenvalue weighted by molar-refractivity contribution is -2.00. The van der Waals surface area contributed by atoms with E-state index in [2.05, 4.69) is 50.8 Å². The van der Waals surface area contributed by atoms with Crippen molar-refractivity contribution in [2.45, 2.75) is 0 Å². The van der Waals surface area contributed by atoms with Crippen LogP contribution >= 0.6 is 34.4 Å². The molecule has 39 heavy (non-hydrogen) atoms. The normalized spacial score (nSPS) is 20.4. The highest BCUT2D eigenvalue weighted by Crippen LogP contribution is 2.45. The standard InChI is InChI=1S/C25H30N3O3S3.ClHO4/c1-4-22(26-7-13-29-14-8-26)32-19(1)25(20-2-5-23(33-20)27-9-15-30-16-10-27)21-3-6-24(34-21)28-11-17-31-18-12-28;2-1(3,4)5/h1-6H,7-18H2;(H,2,3,4,5)/q+1;/p-1. The number of halogens is 1. The SMILES string of the molecule is C1=CC(=[N+]2CCOCC2)SC1=C(c1ccc(N2CCOCC2)s1)c1ccc(N2CCOCC2)s1.[O-][Cl+3]([O-])([O-])[O-]. The molecular formula is C25H30ClN3O7S3. The van der Waals surface area contributed by atoms with Gasteiger partial charge in [0.1, 0.15) is 13.2 Å². The molecule has 0 amide bonds. The number of thioether (sulfide) groups is 1. The van der Waals surface area contributed by atoms with Crippen LogP contribution in [0.3, 0.4) is 0 Å². The van der Waals surface area contributed by atoms with E-state index in [1.165, 1.54) is 35.3 Å². The largest absolute Gasteiger partial charge is 0.378 e. The van der Waals surface area contributed by atoms with Crippen molar-refractivity contribution in [3.63, 3.8) is 0 Å². The second kappa shape index (κ2) is 13.4. The molecule has 4 aliphatic heterocycles. The molecule has 4 aliphatic rings. The predicted molar refractivity (Wildman–Crippen MR) is 143 cm³/mol. The van der Waals surface area contributed by atoms with Gasteiger partial charge >= 0.3 is 0 Å². The summed E-state index contributed by atoms with van der Waals surface area (Å²) >= 11 is 5.72. The zero-order chi connectivity index (χ0) is 27.2. The molecule has 3 saturated heterocycles. The summed E-state index contributed by atoms with van der Waals surface area (Å²) in [5.41, 5.74) is 1.36. The minimum Gasteiger partial charge on any atom is -0.378 e. The van der Waals surface area contributed by atoms with Crippen LogP contribution in [0.4, 0.5) is 10.0 Å². The number of rotatable bonds is 4. The van der Waals surface area contributed by atoms with Crippen LogP contribution in [0.25, 0.3) is 5.57 Å². The lowest BCUT2D eigenvalue weighted by Crippen LogP contribution is -2.68. The minimum atomic E-state index is -4.94. The molecule has 0 aliphatic carbocycles. The van der Waals surface area contributed by atoms with E-state index in [-0.39, 0.29) is 0 Å². The van der Waals surface area contributed by atoms with E-state index in [1.54, 1.807) is 0 Å². The van der Waals surface area contributed by atoms with Crippen LogP contribution in [0.1, 0.15) is 9.75 Å². The Morgan fingerprint density at radius 2 is 1.15 bits per heavy atom. The lowest BCUT2D eigenvalue weighted by atomic mass is 10.1. The van der Waals surface area contributed by atoms with Crippen molar-refractivity contribution in [2.75, 3.05) is 88.7 Å². The van der Waals surface area contributed by atoms with Gasteiger partial charge in [0, 0.05) is 52.5 Å². The molecular weight excluding hydrogens is 586 g/mol. The summed E-state index contributed by atoms with van der Waals surface area (Å²) in [6, 6.07) is 9.21. The van der Waals surface area contributed by atoms with Crippen molar-refractivity contribution < 1.29 is 47.7 Å². The first-order valence-electron chi connectivity index (χ1n) is 12.6. The van der Waals surface area contributed by atoms with Gasteiger partial charge in [-0.05, 0) is 42.1 Å². The second-order valence-electron chi connectivity index (χ2n) is 8.96. The quantitative estimate of drug-likeness (QED) is 0.404. The van der Waals surface area contributed by atoms with E-state index in [9.17, 15) is 0 Å². The number of hydrogen-bond donors (Lipinski definition) is 0. The third kappa shape index (κ3) is 8.05. The van der Waals surface area contributed by atoms with Crippen LogP contribution in [0.15, 0.2) is 41.3 Å². The van der Waals surface area contributed by atoms with Crippen LogP contribution in [0.5, 0.6) is 0 Å². The van der Waals surface area contributed by atoms with Crippen molar-refractivity contribution in [3.8, 4) is 0 Å². The third-order valence-electron chi connectivity index (χ3n) is 6.48. The fourth-order valence-electron chi connectivity index (χ4n) is 4.61. The maximum absolute atomic E-state index is 8.49. The van der Waals surface area contributed by atoms with Gasteiger partial charge in [0.25, 0.3) is 0 Å². The molecule has 0 unspecified atom stereocenters. The molecule has 0 spiro atoms. The molecule has 2 aromatic rings. The van der Waals surface area contributed by atoms with Crippen LogP contribution < -0.4 is 28.4 Å². The first-order chi connectivity index (χ1) is 18.8. The van der Waals surface area contributed by atoms with Gasteiger partial charge in [-0.3, -0.25) is 0 Å². The zero-order valence-corrected chi connectivity index (χ0v) is 24.5. The molecule has 0 radical (unpaired) electrons. The van der Waals surface area contributed by atoms with Crippen LogP contribution in [-0.4, -0.2) is 88.5 Å². The Balaban J connectivity index is 0.000000567. The highest BCUT2D eigenvalue weighted by molar-refractivity contribution is 8.18. The average molecular weight is 616 g/mol. The van der Waals surface area contributed by atoms with E-state index < -0.39 is 10.2 Å². The molecule has 0 saturated carbocycles. The van der Waals surface area contributed by atoms with E-state index in [1.807, 2.05) is 34.4 Å². The summed E-state index contributed by atoms with van der Waals surface area (Å²) in [6.45, 7) is 10.7. The Bertz CT molecular complexity index is 1140. The van der Waals surface area contributed by atoms with E-state index in [0.29, 0.717) is 0 Å². The molecule has 0 aromatic carbocycles. The fourth-order valence-corrected chi connectivity index (χ4v) is 8.20.